The van der Waals surface area contributed by atoms with Crippen LogP contribution >= 0.6 is 0 Å². The van der Waals surface area contributed by atoms with Crippen molar-refractivity contribution in [1.82, 2.24) is 24.5 Å². The normalized spacial score (nSPS) is 17.4. The summed E-state index contributed by atoms with van der Waals surface area (Å²) in [5.41, 5.74) is 0. The van der Waals surface area contributed by atoms with Crippen LogP contribution in [0, 0.1) is 0 Å². The molecule has 1 rings (SSSR count). The number of aliphatic hydroxyl groups excluding tert-OH is 2. The van der Waals surface area contributed by atoms with Crippen LogP contribution in [-0.2, 0) is 33.3 Å². The number of rotatable bonds is 26. The van der Waals surface area contributed by atoms with E-state index >= 15 is 0 Å². The third-order valence-corrected chi connectivity index (χ3v) is 7.38. The summed E-state index contributed by atoms with van der Waals surface area (Å²) >= 11 is 0. The zero-order chi connectivity index (χ0) is 34.7. The van der Waals surface area contributed by atoms with Crippen molar-refractivity contribution >= 4 is 17.9 Å². The van der Waals surface area contributed by atoms with Crippen molar-refractivity contribution in [2.45, 2.75) is 19.4 Å². The van der Waals surface area contributed by atoms with Crippen LogP contribution in [0.15, 0.2) is 0 Å². The van der Waals surface area contributed by atoms with Crippen LogP contribution in [0.4, 0.5) is 0 Å². The highest BCUT2D eigenvalue weighted by Crippen LogP contribution is 2.04. The molecule has 0 aromatic heterocycles. The fourth-order valence-electron chi connectivity index (χ4n) is 5.00. The van der Waals surface area contributed by atoms with Crippen LogP contribution in [0.25, 0.3) is 0 Å². The molecule has 47 heavy (non-hydrogen) atoms. The van der Waals surface area contributed by atoms with Crippen LogP contribution in [-0.4, -0.2) is 232 Å². The molecular formula is C30H59N5O12. The van der Waals surface area contributed by atoms with Gasteiger partial charge >= 0.3 is 17.9 Å². The van der Waals surface area contributed by atoms with E-state index in [-0.39, 0.29) is 39.4 Å². The Morgan fingerprint density at radius 2 is 0.957 bits per heavy atom. The first-order valence-corrected chi connectivity index (χ1v) is 16.5. The van der Waals surface area contributed by atoms with Gasteiger partial charge < -0.3 is 44.5 Å². The molecule has 0 saturated carbocycles. The second-order valence-electron chi connectivity index (χ2n) is 11.4. The highest BCUT2D eigenvalue weighted by atomic mass is 16.5. The molecule has 5 N–H and O–H groups in total. The highest BCUT2D eigenvalue weighted by molar-refractivity contribution is 5.69. The Kier molecular flexibility index (Phi) is 25.5. The maximum atomic E-state index is 11.6. The van der Waals surface area contributed by atoms with E-state index in [1.165, 1.54) is 0 Å². The third kappa shape index (κ3) is 24.7. The van der Waals surface area contributed by atoms with E-state index in [1.54, 1.807) is 14.7 Å². The Morgan fingerprint density at radius 1 is 0.596 bits per heavy atom. The topological polar surface area (TPSA) is 205 Å². The fourth-order valence-corrected chi connectivity index (χ4v) is 5.00. The fraction of sp³-hybridized carbons (Fsp3) is 0.900. The molecule has 0 spiro atoms. The molecule has 276 valence electrons. The molecule has 0 radical (unpaired) electrons. The first kappa shape index (κ1) is 43.0. The molecule has 0 aromatic carbocycles. The van der Waals surface area contributed by atoms with Crippen LogP contribution in [0.1, 0.15) is 13.3 Å². The van der Waals surface area contributed by atoms with Crippen LogP contribution < -0.4 is 0 Å². The van der Waals surface area contributed by atoms with E-state index in [4.69, 9.17) is 24.1 Å². The lowest BCUT2D eigenvalue weighted by Gasteiger charge is -2.34. The number of carboxylic acid groups (broad SMARTS) is 3. The van der Waals surface area contributed by atoms with E-state index in [9.17, 15) is 34.8 Å². The summed E-state index contributed by atoms with van der Waals surface area (Å²) in [6.07, 6.45) is 0.171. The number of carbonyl (C=O) groups is 3. The maximum absolute atomic E-state index is 11.6. The van der Waals surface area contributed by atoms with Gasteiger partial charge in [-0.25, -0.2) is 0 Å². The van der Waals surface area contributed by atoms with Gasteiger partial charge in [0.1, 0.15) is 0 Å². The molecule has 17 heteroatoms. The number of hydrogen-bond donors (Lipinski definition) is 5. The summed E-state index contributed by atoms with van der Waals surface area (Å²) in [6, 6.07) is 0. The molecule has 0 amide bonds. The zero-order valence-electron chi connectivity index (χ0n) is 28.1. The number of aliphatic carboxylic acids is 3. The largest absolute Gasteiger partial charge is 0.480 e. The highest BCUT2D eigenvalue weighted by Gasteiger charge is 2.22. The number of β-amino-alcohol motifs (C(OH)–C–C–N with tert-alkyl or cyclic N) is 1. The number of aliphatic hydroxyl groups is 2. The van der Waals surface area contributed by atoms with E-state index in [0.717, 1.165) is 6.42 Å². The molecule has 1 heterocycles. The molecular weight excluding hydrogens is 622 g/mol. The average Bonchev–Trinajstić information content (AvgIpc) is 3.00. The monoisotopic (exact) mass is 681 g/mol. The zero-order valence-corrected chi connectivity index (χ0v) is 28.1. The van der Waals surface area contributed by atoms with Gasteiger partial charge in [0.15, 0.2) is 0 Å². The minimum atomic E-state index is -1.01. The lowest BCUT2D eigenvalue weighted by molar-refractivity contribution is -0.140. The van der Waals surface area contributed by atoms with Gasteiger partial charge in [-0.3, -0.25) is 38.9 Å². The van der Waals surface area contributed by atoms with Gasteiger partial charge in [-0.1, -0.05) is 6.92 Å². The molecule has 0 aromatic rings. The Balaban J connectivity index is 2.86. The van der Waals surface area contributed by atoms with E-state index in [2.05, 4.69) is 0 Å². The molecule has 1 fully saturated rings. The Hall–Kier alpha value is -2.03. The summed E-state index contributed by atoms with van der Waals surface area (Å²) < 4.78 is 22.1. The summed E-state index contributed by atoms with van der Waals surface area (Å²) in [5, 5.41) is 48.3. The van der Waals surface area contributed by atoms with Crippen molar-refractivity contribution in [3.63, 3.8) is 0 Å². The molecule has 1 aliphatic heterocycles. The molecule has 17 nitrogen and oxygen atoms in total. The van der Waals surface area contributed by atoms with Crippen molar-refractivity contribution in [1.29, 1.82) is 0 Å². The molecule has 0 aliphatic carbocycles. The van der Waals surface area contributed by atoms with Crippen molar-refractivity contribution in [2.24, 2.45) is 0 Å². The van der Waals surface area contributed by atoms with Gasteiger partial charge in [-0.15, -0.1) is 0 Å². The quantitative estimate of drug-likeness (QED) is 0.0603. The predicted octanol–water partition coefficient (Wildman–Crippen LogP) is -2.41. The minimum absolute atomic E-state index is 0.0489. The summed E-state index contributed by atoms with van der Waals surface area (Å²) in [5.74, 6) is -2.98. The second-order valence-corrected chi connectivity index (χ2v) is 11.4. The summed E-state index contributed by atoms with van der Waals surface area (Å²) in [6.45, 7) is 9.51. The summed E-state index contributed by atoms with van der Waals surface area (Å²) in [4.78, 5) is 43.8. The third-order valence-electron chi connectivity index (χ3n) is 7.38. The van der Waals surface area contributed by atoms with E-state index in [1.807, 2.05) is 16.7 Å². The number of hydrogen-bond acceptors (Lipinski definition) is 14. The van der Waals surface area contributed by atoms with Gasteiger partial charge in [0, 0.05) is 85.1 Å². The first-order chi connectivity index (χ1) is 22.6. The average molecular weight is 682 g/mol. The first-order valence-electron chi connectivity index (χ1n) is 16.5. The standard InChI is InChI=1S/C30H59N5O12/c1-2-14-44-18-19-45-15-11-35(12-16-46-20-21-47-17-13-36)23-27(37)22-31-3-5-32(24-28(38)39)7-9-34(26-30(42)43)10-8-33(6-4-31)25-29(40)41/h27,36-37H,2-26H2,1H3,(H,38,39)(H,40,41)(H,42,43). The smallest absolute Gasteiger partial charge is 0.317 e. The van der Waals surface area contributed by atoms with Gasteiger partial charge in [-0.2, -0.15) is 0 Å². The molecule has 0 bridgehead atoms. The molecule has 1 aliphatic rings. The molecule has 1 atom stereocenters. The van der Waals surface area contributed by atoms with Crippen molar-refractivity contribution in [2.75, 3.05) is 158 Å². The van der Waals surface area contributed by atoms with Crippen molar-refractivity contribution in [3.8, 4) is 0 Å². The predicted molar refractivity (Wildman–Crippen MR) is 172 cm³/mol. The molecule has 1 saturated heterocycles. The number of carboxylic acids is 3. The lowest BCUT2D eigenvalue weighted by Crippen LogP contribution is -2.50. The number of ether oxygens (including phenoxy) is 4. The Morgan fingerprint density at radius 3 is 1.32 bits per heavy atom. The van der Waals surface area contributed by atoms with Crippen LogP contribution in [0.3, 0.4) is 0 Å². The van der Waals surface area contributed by atoms with Crippen molar-refractivity contribution in [3.05, 3.63) is 0 Å². The summed E-state index contributed by atoms with van der Waals surface area (Å²) in [7, 11) is 0. The van der Waals surface area contributed by atoms with Gasteiger partial charge in [0.25, 0.3) is 0 Å². The Labute approximate surface area is 278 Å². The minimum Gasteiger partial charge on any atom is -0.480 e. The van der Waals surface area contributed by atoms with Gasteiger partial charge in [-0.05, 0) is 6.42 Å². The van der Waals surface area contributed by atoms with Crippen LogP contribution in [0.2, 0.25) is 0 Å². The SMILES string of the molecule is CCCOCCOCCN(CCOCCOCCO)CC(O)CN1CCN(CC(=O)O)CCN(CC(=O)O)CCN(CC(=O)O)CC1. The maximum Gasteiger partial charge on any atom is 0.317 e. The van der Waals surface area contributed by atoms with Crippen LogP contribution in [0.5, 0.6) is 0 Å². The lowest BCUT2D eigenvalue weighted by atomic mass is 10.2. The van der Waals surface area contributed by atoms with E-state index in [0.29, 0.717) is 118 Å². The molecule has 1 unspecified atom stereocenters. The second kappa shape index (κ2) is 27.9. The van der Waals surface area contributed by atoms with E-state index < -0.39 is 24.0 Å². The Bertz CT molecular complexity index is 780. The van der Waals surface area contributed by atoms with Crippen molar-refractivity contribution < 1.29 is 58.9 Å². The van der Waals surface area contributed by atoms with Gasteiger partial charge in [0.2, 0.25) is 0 Å². The number of nitrogens with zero attached hydrogens (tertiary/aromatic N) is 5. The van der Waals surface area contributed by atoms with Gasteiger partial charge in [0.05, 0.1) is 78.6 Å².